The van der Waals surface area contributed by atoms with Crippen molar-refractivity contribution in [3.8, 4) is 22.9 Å². The molecule has 0 spiro atoms. The van der Waals surface area contributed by atoms with Crippen molar-refractivity contribution in [1.82, 2.24) is 40.2 Å². The van der Waals surface area contributed by atoms with E-state index in [2.05, 4.69) is 50.7 Å². The van der Waals surface area contributed by atoms with E-state index in [0.29, 0.717) is 72.6 Å². The Morgan fingerprint density at radius 2 is 1.84 bits per heavy atom. The van der Waals surface area contributed by atoms with Gasteiger partial charge in [-0.2, -0.15) is 20.2 Å². The van der Waals surface area contributed by atoms with Gasteiger partial charge in [0.25, 0.3) is 0 Å². The first kappa shape index (κ1) is 33.2. The largest absolute Gasteiger partial charge is 0.486 e. The van der Waals surface area contributed by atoms with Gasteiger partial charge < -0.3 is 24.4 Å². The van der Waals surface area contributed by atoms with Gasteiger partial charge in [-0.15, -0.1) is 0 Å². The number of piperazine rings is 1. The number of rotatable bonds is 10. The number of nitrogens with one attached hydrogen (secondary N) is 2. The van der Waals surface area contributed by atoms with E-state index in [1.54, 1.807) is 6.20 Å². The summed E-state index contributed by atoms with van der Waals surface area (Å²) in [7, 11) is 0. The minimum atomic E-state index is -0.292. The van der Waals surface area contributed by atoms with Crippen molar-refractivity contribution in [1.29, 1.82) is 0 Å². The lowest BCUT2D eigenvalue weighted by atomic mass is 9.88. The molecule has 0 amide bonds. The first-order valence-electron chi connectivity index (χ1n) is 19.9. The lowest BCUT2D eigenvalue weighted by Gasteiger charge is -2.31. The number of aromatic nitrogens is 7. The molecule has 3 aromatic carbocycles. The maximum atomic E-state index is 15.9. The van der Waals surface area contributed by atoms with Crippen molar-refractivity contribution >= 4 is 27.6 Å². The summed E-state index contributed by atoms with van der Waals surface area (Å²) in [5, 5.41) is 17.5. The van der Waals surface area contributed by atoms with Crippen LogP contribution in [0.15, 0.2) is 42.6 Å². The van der Waals surface area contributed by atoms with E-state index >= 15 is 4.39 Å². The normalized spacial score (nSPS) is 20.9. The van der Waals surface area contributed by atoms with Crippen molar-refractivity contribution in [2.75, 3.05) is 31.2 Å². The van der Waals surface area contributed by atoms with Crippen molar-refractivity contribution < 1.29 is 18.6 Å². The number of aromatic amines is 1. The number of ether oxygens (including phenoxy) is 3. The van der Waals surface area contributed by atoms with Gasteiger partial charge in [-0.3, -0.25) is 5.10 Å². The van der Waals surface area contributed by atoms with Crippen molar-refractivity contribution in [2.24, 2.45) is 0 Å². The molecule has 2 N–H and O–H groups in total. The SMILES string of the molecule is Cc1c(F)cc2[nH]ncc2c1-c1c(C2CC2)cc2c(N3C[C@@H]4C[C@H]3CN4)nc(OC3CCOCC3)nc2c1OCc1ccc(Cc2nc3n(n2)CCC3)cc1. The van der Waals surface area contributed by atoms with Gasteiger partial charge in [-0.1, -0.05) is 24.3 Å². The molecular formula is C42H44FN9O3. The average molecular weight is 742 g/mol. The second kappa shape index (κ2) is 13.3. The van der Waals surface area contributed by atoms with Crippen molar-refractivity contribution in [2.45, 2.75) is 95.5 Å². The Balaban J connectivity index is 1.06. The van der Waals surface area contributed by atoms with E-state index in [1.807, 2.05) is 11.6 Å². The second-order valence-corrected chi connectivity index (χ2v) is 16.0. The molecule has 7 heterocycles. The van der Waals surface area contributed by atoms with Crippen molar-refractivity contribution in [3.05, 3.63) is 82.3 Å². The summed E-state index contributed by atoms with van der Waals surface area (Å²) in [6, 6.07) is 13.4. The van der Waals surface area contributed by atoms with E-state index in [1.165, 1.54) is 6.07 Å². The number of fused-ring (bicyclic) bond motifs is 5. The van der Waals surface area contributed by atoms with Gasteiger partial charge in [0.05, 0.1) is 24.9 Å². The molecule has 2 bridgehead atoms. The summed E-state index contributed by atoms with van der Waals surface area (Å²) >= 11 is 0. The van der Waals surface area contributed by atoms with Crippen LogP contribution in [-0.4, -0.2) is 79.4 Å². The first-order valence-corrected chi connectivity index (χ1v) is 19.9. The zero-order valence-corrected chi connectivity index (χ0v) is 31.0. The summed E-state index contributed by atoms with van der Waals surface area (Å²) in [5.41, 5.74) is 6.84. The molecular weight excluding hydrogens is 698 g/mol. The average Bonchev–Trinajstić information content (AvgIpc) is 3.65. The highest BCUT2D eigenvalue weighted by atomic mass is 19.1. The van der Waals surface area contributed by atoms with E-state index in [-0.39, 0.29) is 11.9 Å². The fraction of sp³-hybridized carbons (Fsp3) is 0.452. The van der Waals surface area contributed by atoms with Gasteiger partial charge in [0.2, 0.25) is 0 Å². The first-order chi connectivity index (χ1) is 27.0. The number of halogens is 1. The molecule has 1 saturated carbocycles. The molecule has 3 aromatic heterocycles. The van der Waals surface area contributed by atoms with Crippen LogP contribution in [0.4, 0.5) is 10.2 Å². The topological polar surface area (TPSA) is 128 Å². The Kier molecular flexibility index (Phi) is 8.01. The highest BCUT2D eigenvalue weighted by molar-refractivity contribution is 6.06. The summed E-state index contributed by atoms with van der Waals surface area (Å²) in [5.74, 6) is 3.47. The number of nitrogens with zero attached hydrogens (tertiary/aromatic N) is 7. The maximum Gasteiger partial charge on any atom is 0.319 e. The van der Waals surface area contributed by atoms with Crippen LogP contribution in [0.25, 0.3) is 32.9 Å². The number of aryl methyl sites for hydroxylation is 2. The fourth-order valence-corrected chi connectivity index (χ4v) is 9.20. The molecule has 55 heavy (non-hydrogen) atoms. The third kappa shape index (κ3) is 5.99. The third-order valence-corrected chi connectivity index (χ3v) is 12.2. The quantitative estimate of drug-likeness (QED) is 0.165. The Morgan fingerprint density at radius 1 is 0.982 bits per heavy atom. The van der Waals surface area contributed by atoms with E-state index in [0.717, 1.165) is 121 Å². The fourth-order valence-electron chi connectivity index (χ4n) is 9.20. The second-order valence-electron chi connectivity index (χ2n) is 16.0. The Bertz CT molecular complexity index is 2410. The molecule has 4 fully saturated rings. The summed E-state index contributed by atoms with van der Waals surface area (Å²) < 4.78 is 37.2. The molecule has 0 radical (unpaired) electrons. The Labute approximate surface area is 317 Å². The van der Waals surface area contributed by atoms with E-state index in [4.69, 9.17) is 34.3 Å². The van der Waals surface area contributed by atoms with Gasteiger partial charge in [-0.05, 0) is 72.9 Å². The number of anilines is 1. The molecule has 6 aromatic rings. The summed E-state index contributed by atoms with van der Waals surface area (Å²) in [4.78, 5) is 17.6. The number of H-pyrrole nitrogens is 1. The van der Waals surface area contributed by atoms with Crippen LogP contribution >= 0.6 is 0 Å². The minimum absolute atomic E-state index is 0.0433. The number of hydrogen-bond donors (Lipinski definition) is 2. The summed E-state index contributed by atoms with van der Waals surface area (Å²) in [6.07, 6.45) is 9.28. The molecule has 2 atom stereocenters. The van der Waals surface area contributed by atoms with Crippen molar-refractivity contribution in [3.63, 3.8) is 0 Å². The molecule has 11 rings (SSSR count). The van der Waals surface area contributed by atoms with E-state index < -0.39 is 0 Å². The van der Waals surface area contributed by atoms with Gasteiger partial charge in [0.1, 0.15) is 35.7 Å². The zero-order chi connectivity index (χ0) is 36.6. The standard InChI is InChI=1S/C42H44FN9O3/c1-23-33(43)18-34-32(20-45-49-34)37(23)38-30(26-8-9-26)17-31-39(40(38)54-22-25-6-4-24(5-7-25)15-35-46-36-3-2-12-52(36)50-35)47-42(55-29-10-13-53-14-11-29)48-41(31)51-21-27-16-28(51)19-44-27/h4-7,17-18,20,26-29,44H,2-3,8-16,19,21-22H2,1H3,(H,45,49)/t27-,28-/m0/s1. The Morgan fingerprint density at radius 3 is 2.62 bits per heavy atom. The molecule has 13 heteroatoms. The van der Waals surface area contributed by atoms with Gasteiger partial charge in [0, 0.05) is 79.3 Å². The van der Waals surface area contributed by atoms with Gasteiger partial charge >= 0.3 is 6.01 Å². The Hall–Kier alpha value is -5.14. The lowest BCUT2D eigenvalue weighted by Crippen LogP contribution is -2.44. The zero-order valence-electron chi connectivity index (χ0n) is 31.0. The molecule has 4 aliphatic heterocycles. The monoisotopic (exact) mass is 741 g/mol. The minimum Gasteiger partial charge on any atom is -0.486 e. The van der Waals surface area contributed by atoms with Crippen LogP contribution in [0.2, 0.25) is 0 Å². The van der Waals surface area contributed by atoms with Crippen LogP contribution in [-0.2, 0) is 30.7 Å². The van der Waals surface area contributed by atoms with Crippen LogP contribution in [0.3, 0.4) is 0 Å². The highest BCUT2D eigenvalue weighted by Gasteiger charge is 2.41. The van der Waals surface area contributed by atoms with Crippen LogP contribution in [0, 0.1) is 12.7 Å². The van der Waals surface area contributed by atoms with Gasteiger partial charge in [0.15, 0.2) is 11.6 Å². The molecule has 0 unspecified atom stereocenters. The number of hydrogen-bond acceptors (Lipinski definition) is 10. The van der Waals surface area contributed by atoms with Crippen LogP contribution < -0.4 is 19.7 Å². The van der Waals surface area contributed by atoms with Gasteiger partial charge in [-0.25, -0.2) is 14.1 Å². The molecule has 5 aliphatic rings. The maximum absolute atomic E-state index is 15.9. The molecule has 12 nitrogen and oxygen atoms in total. The molecule has 1 aliphatic carbocycles. The van der Waals surface area contributed by atoms with Crippen LogP contribution in [0.5, 0.6) is 11.8 Å². The summed E-state index contributed by atoms with van der Waals surface area (Å²) in [6.45, 7) is 6.17. The molecule has 3 saturated heterocycles. The predicted molar refractivity (Wildman–Crippen MR) is 205 cm³/mol. The third-order valence-electron chi connectivity index (χ3n) is 12.2. The number of benzene rings is 3. The molecule has 282 valence electrons. The predicted octanol–water partition coefficient (Wildman–Crippen LogP) is 6.31. The van der Waals surface area contributed by atoms with E-state index in [9.17, 15) is 0 Å². The smallest absolute Gasteiger partial charge is 0.319 e. The highest BCUT2D eigenvalue weighted by Crippen LogP contribution is 2.53. The lowest BCUT2D eigenvalue weighted by molar-refractivity contribution is 0.0219. The van der Waals surface area contributed by atoms with Crippen LogP contribution in [0.1, 0.15) is 78.3 Å².